The number of pyridine rings is 1. The Morgan fingerprint density at radius 3 is 2.71 bits per heavy atom. The minimum atomic E-state index is -3.62. The minimum Gasteiger partial charge on any atom is -0.347 e. The van der Waals surface area contributed by atoms with E-state index < -0.39 is 10.0 Å². The maximum atomic E-state index is 12.1. The fraction of sp³-hybridized carbons (Fsp3) is 0.385. The zero-order valence-electron chi connectivity index (χ0n) is 11.8. The van der Waals surface area contributed by atoms with E-state index in [-0.39, 0.29) is 11.6 Å². The molecule has 3 N–H and O–H groups in total. The Morgan fingerprint density at radius 1 is 1.24 bits per heavy atom. The Hall–Kier alpha value is -1.77. The van der Waals surface area contributed by atoms with Crippen molar-refractivity contribution in [3.8, 4) is 0 Å². The van der Waals surface area contributed by atoms with Gasteiger partial charge in [-0.1, -0.05) is 13.0 Å². The van der Waals surface area contributed by atoms with Gasteiger partial charge in [0.05, 0.1) is 6.54 Å². The third-order valence-electron chi connectivity index (χ3n) is 2.81. The molecule has 0 aliphatic heterocycles. The van der Waals surface area contributed by atoms with Crippen LogP contribution in [0.4, 0.5) is 0 Å². The van der Waals surface area contributed by atoms with E-state index in [0.717, 1.165) is 18.5 Å². The number of rotatable bonds is 8. The Kier molecular flexibility index (Phi) is 5.43. The lowest BCUT2D eigenvalue weighted by Gasteiger charge is -2.06. The highest BCUT2D eigenvalue weighted by Gasteiger charge is 2.15. The van der Waals surface area contributed by atoms with Gasteiger partial charge in [0, 0.05) is 25.1 Å². The number of hydrogen-bond acceptors (Lipinski definition) is 5. The van der Waals surface area contributed by atoms with Crippen LogP contribution in [0.5, 0.6) is 0 Å². The number of hydrogen-bond donors (Lipinski definition) is 3. The van der Waals surface area contributed by atoms with E-state index in [0.29, 0.717) is 12.4 Å². The average molecular weight is 309 g/mol. The molecule has 0 atom stereocenters. The molecule has 2 aromatic rings. The second-order valence-corrected chi connectivity index (χ2v) is 6.26. The quantitative estimate of drug-likeness (QED) is 0.626. The van der Waals surface area contributed by atoms with Gasteiger partial charge < -0.3 is 10.3 Å². The molecular formula is C13H19N5O2S. The molecule has 7 nitrogen and oxygen atoms in total. The van der Waals surface area contributed by atoms with Crippen molar-refractivity contribution in [3.05, 3.63) is 42.1 Å². The van der Waals surface area contributed by atoms with Crippen LogP contribution in [0.2, 0.25) is 0 Å². The van der Waals surface area contributed by atoms with Crippen LogP contribution in [0, 0.1) is 0 Å². The molecule has 2 rings (SSSR count). The molecule has 0 fully saturated rings. The summed E-state index contributed by atoms with van der Waals surface area (Å²) in [7, 11) is -3.62. The zero-order chi connectivity index (χ0) is 15.1. The van der Waals surface area contributed by atoms with Gasteiger partial charge in [-0.2, -0.15) is 0 Å². The number of imidazole rings is 1. The van der Waals surface area contributed by atoms with E-state index in [1.165, 1.54) is 6.07 Å². The van der Waals surface area contributed by atoms with E-state index in [1.54, 1.807) is 24.7 Å². The summed E-state index contributed by atoms with van der Waals surface area (Å²) in [6.07, 6.45) is 5.83. The summed E-state index contributed by atoms with van der Waals surface area (Å²) in [5.74, 6) is 0.555. The number of sulfonamides is 1. The molecule has 0 aliphatic carbocycles. The second-order valence-electron chi connectivity index (χ2n) is 4.54. The highest BCUT2D eigenvalue weighted by Crippen LogP contribution is 2.07. The summed E-state index contributed by atoms with van der Waals surface area (Å²) in [6.45, 7) is 3.80. The molecule has 8 heteroatoms. The van der Waals surface area contributed by atoms with Crippen LogP contribution >= 0.6 is 0 Å². The largest absolute Gasteiger partial charge is 0.347 e. The van der Waals surface area contributed by atoms with Gasteiger partial charge >= 0.3 is 0 Å². The molecule has 114 valence electrons. The van der Waals surface area contributed by atoms with Gasteiger partial charge in [-0.05, 0) is 24.6 Å². The zero-order valence-corrected chi connectivity index (χ0v) is 12.7. The van der Waals surface area contributed by atoms with Crippen LogP contribution in [0.1, 0.15) is 24.7 Å². The summed E-state index contributed by atoms with van der Waals surface area (Å²) in [6, 6.07) is 3.27. The fourth-order valence-electron chi connectivity index (χ4n) is 1.72. The molecule has 0 amide bonds. The first-order valence-corrected chi connectivity index (χ1v) is 8.23. The summed E-state index contributed by atoms with van der Waals surface area (Å²) in [4.78, 5) is 10.8. The highest BCUT2D eigenvalue weighted by atomic mass is 32.2. The number of aromatic nitrogens is 3. The molecule has 0 spiro atoms. The van der Waals surface area contributed by atoms with Crippen molar-refractivity contribution in [2.45, 2.75) is 31.5 Å². The van der Waals surface area contributed by atoms with Crippen molar-refractivity contribution < 1.29 is 8.42 Å². The lowest BCUT2D eigenvalue weighted by Crippen LogP contribution is -2.24. The lowest BCUT2D eigenvalue weighted by molar-refractivity contribution is 0.575. The number of nitrogens with one attached hydrogen (secondary N) is 3. The molecule has 0 saturated carbocycles. The van der Waals surface area contributed by atoms with E-state index in [2.05, 4.69) is 31.9 Å². The summed E-state index contributed by atoms with van der Waals surface area (Å²) >= 11 is 0. The molecule has 0 aromatic carbocycles. The SMILES string of the molecule is CCCNCc1ccc(S(=O)(=O)NCc2ncc[nH]2)nc1. The monoisotopic (exact) mass is 309 g/mol. The predicted molar refractivity (Wildman–Crippen MR) is 78.8 cm³/mol. The van der Waals surface area contributed by atoms with Crippen molar-refractivity contribution in [2.24, 2.45) is 0 Å². The van der Waals surface area contributed by atoms with Gasteiger partial charge in [-0.15, -0.1) is 0 Å². The first kappa shape index (κ1) is 15.6. The van der Waals surface area contributed by atoms with Crippen LogP contribution in [0.15, 0.2) is 35.7 Å². The van der Waals surface area contributed by atoms with Crippen LogP contribution in [0.25, 0.3) is 0 Å². The Balaban J connectivity index is 1.96. The molecule has 0 saturated heterocycles. The van der Waals surface area contributed by atoms with Crippen LogP contribution in [-0.4, -0.2) is 29.9 Å². The molecule has 0 bridgehead atoms. The maximum absolute atomic E-state index is 12.1. The normalized spacial score (nSPS) is 11.7. The Labute approximate surface area is 124 Å². The number of nitrogens with zero attached hydrogens (tertiary/aromatic N) is 2. The van der Waals surface area contributed by atoms with E-state index >= 15 is 0 Å². The molecule has 2 heterocycles. The molecule has 0 aliphatic rings. The van der Waals surface area contributed by atoms with Gasteiger partial charge in [-0.3, -0.25) is 0 Å². The second kappa shape index (κ2) is 7.30. The minimum absolute atomic E-state index is 0.00768. The van der Waals surface area contributed by atoms with Gasteiger partial charge in [0.1, 0.15) is 5.82 Å². The summed E-state index contributed by atoms with van der Waals surface area (Å²) in [5, 5.41) is 3.24. The molecule has 21 heavy (non-hydrogen) atoms. The Morgan fingerprint density at radius 2 is 2.10 bits per heavy atom. The van der Waals surface area contributed by atoms with Crippen LogP contribution < -0.4 is 10.0 Å². The van der Waals surface area contributed by atoms with Crippen molar-refractivity contribution >= 4 is 10.0 Å². The molecule has 0 radical (unpaired) electrons. The lowest BCUT2D eigenvalue weighted by atomic mass is 10.3. The van der Waals surface area contributed by atoms with Crippen molar-refractivity contribution in [3.63, 3.8) is 0 Å². The van der Waals surface area contributed by atoms with Gasteiger partial charge in [0.2, 0.25) is 0 Å². The Bertz CT molecular complexity index is 638. The van der Waals surface area contributed by atoms with Crippen LogP contribution in [0.3, 0.4) is 0 Å². The summed E-state index contributed by atoms with van der Waals surface area (Å²) in [5.41, 5.74) is 0.952. The first-order chi connectivity index (χ1) is 10.1. The molecule has 2 aromatic heterocycles. The van der Waals surface area contributed by atoms with E-state index in [9.17, 15) is 8.42 Å². The third kappa shape index (κ3) is 4.62. The number of aromatic amines is 1. The third-order valence-corrected chi connectivity index (χ3v) is 4.13. The topological polar surface area (TPSA) is 99.8 Å². The first-order valence-electron chi connectivity index (χ1n) is 6.75. The smallest absolute Gasteiger partial charge is 0.258 e. The molecule has 0 unspecified atom stereocenters. The van der Waals surface area contributed by atoms with Gasteiger partial charge in [0.25, 0.3) is 10.0 Å². The average Bonchev–Trinajstić information content (AvgIpc) is 3.00. The summed E-state index contributed by atoms with van der Waals surface area (Å²) < 4.78 is 26.6. The number of H-pyrrole nitrogens is 1. The van der Waals surface area contributed by atoms with Crippen molar-refractivity contribution in [2.75, 3.05) is 6.54 Å². The fourth-order valence-corrected chi connectivity index (χ4v) is 2.63. The van der Waals surface area contributed by atoms with Gasteiger partial charge in [-0.25, -0.2) is 23.1 Å². The van der Waals surface area contributed by atoms with E-state index in [1.807, 2.05) is 0 Å². The highest BCUT2D eigenvalue weighted by molar-refractivity contribution is 7.89. The molecular weight excluding hydrogens is 290 g/mol. The van der Waals surface area contributed by atoms with Crippen molar-refractivity contribution in [1.82, 2.24) is 25.0 Å². The van der Waals surface area contributed by atoms with Crippen molar-refractivity contribution in [1.29, 1.82) is 0 Å². The predicted octanol–water partition coefficient (Wildman–Crippen LogP) is 0.783. The maximum Gasteiger partial charge on any atom is 0.258 e. The van der Waals surface area contributed by atoms with E-state index in [4.69, 9.17) is 0 Å². The van der Waals surface area contributed by atoms with Crippen LogP contribution in [-0.2, 0) is 23.1 Å². The standard InChI is InChI=1S/C13H19N5O2S/c1-2-5-14-8-11-3-4-13(17-9-11)21(19,20)18-10-12-15-6-7-16-12/h3-4,6-7,9,14,18H,2,5,8,10H2,1H3,(H,15,16). The van der Waals surface area contributed by atoms with Gasteiger partial charge in [0.15, 0.2) is 5.03 Å².